The Bertz CT molecular complexity index is 1030. The molecule has 4 rings (SSSR count). The molecule has 0 bridgehead atoms. The van der Waals surface area contributed by atoms with Crippen molar-refractivity contribution < 1.29 is 4.42 Å². The highest BCUT2D eigenvalue weighted by molar-refractivity contribution is 5.89. The lowest BCUT2D eigenvalue weighted by molar-refractivity contribution is 0.572. The van der Waals surface area contributed by atoms with E-state index in [0.29, 0.717) is 17.2 Å². The first-order valence-corrected chi connectivity index (χ1v) is 7.56. The first kappa shape index (κ1) is 14.0. The fourth-order valence-corrected chi connectivity index (χ4v) is 2.56. The van der Waals surface area contributed by atoms with Gasteiger partial charge < -0.3 is 9.40 Å². The molecule has 4 heteroatoms. The van der Waals surface area contributed by atoms with E-state index in [1.807, 2.05) is 66.7 Å². The molecule has 0 unspecified atom stereocenters. The molecule has 0 atom stereocenters. The summed E-state index contributed by atoms with van der Waals surface area (Å²) >= 11 is 0. The molecule has 2 aromatic carbocycles. The maximum atomic E-state index is 9.47. The van der Waals surface area contributed by atoms with Crippen LogP contribution in [0.15, 0.2) is 71.1 Å². The average Bonchev–Trinajstić information content (AvgIpc) is 3.27. The molecule has 0 amide bonds. The summed E-state index contributed by atoms with van der Waals surface area (Å²) in [4.78, 5) is 7.62. The number of nitriles is 1. The third-order valence-electron chi connectivity index (χ3n) is 3.74. The number of H-pyrrole nitrogens is 1. The van der Waals surface area contributed by atoms with Crippen LogP contribution in [-0.2, 0) is 0 Å². The summed E-state index contributed by atoms with van der Waals surface area (Å²) in [7, 11) is 0. The molecule has 0 aliphatic rings. The zero-order chi connectivity index (χ0) is 16.4. The number of fused-ring (bicyclic) bond motifs is 1. The van der Waals surface area contributed by atoms with Gasteiger partial charge in [-0.3, -0.25) is 0 Å². The molecule has 0 saturated heterocycles. The number of hydrogen-bond donors (Lipinski definition) is 1. The Labute approximate surface area is 138 Å². The van der Waals surface area contributed by atoms with Gasteiger partial charge in [-0.25, -0.2) is 4.98 Å². The Morgan fingerprint density at radius 2 is 1.79 bits per heavy atom. The van der Waals surface area contributed by atoms with Gasteiger partial charge in [-0.15, -0.1) is 0 Å². The highest BCUT2D eigenvalue weighted by Crippen LogP contribution is 2.25. The molecule has 1 N–H and O–H groups in total. The Kier molecular flexibility index (Phi) is 3.45. The van der Waals surface area contributed by atoms with Gasteiger partial charge in [-0.1, -0.05) is 42.5 Å². The molecular weight excluding hydrogens is 298 g/mol. The number of nitrogens with zero attached hydrogens (tertiary/aromatic N) is 2. The van der Waals surface area contributed by atoms with Gasteiger partial charge >= 0.3 is 0 Å². The topological polar surface area (TPSA) is 65.6 Å². The third kappa shape index (κ3) is 2.59. The smallest absolute Gasteiger partial charge is 0.149 e. The van der Waals surface area contributed by atoms with Crippen LogP contribution in [0.4, 0.5) is 0 Å². The highest BCUT2D eigenvalue weighted by atomic mass is 16.3. The fraction of sp³-hybridized carbons (Fsp3) is 0. The summed E-state index contributed by atoms with van der Waals surface area (Å²) in [6, 6.07) is 23.5. The molecule has 4 nitrogen and oxygen atoms in total. The molecule has 0 radical (unpaired) electrons. The number of allylic oxidation sites excluding steroid dienone is 1. The number of aromatic amines is 1. The van der Waals surface area contributed by atoms with Gasteiger partial charge in [0.2, 0.25) is 0 Å². The number of benzene rings is 2. The monoisotopic (exact) mass is 311 g/mol. The summed E-state index contributed by atoms with van der Waals surface area (Å²) in [6.45, 7) is 0. The molecule has 0 aliphatic carbocycles. The Morgan fingerprint density at radius 3 is 2.58 bits per heavy atom. The van der Waals surface area contributed by atoms with Crippen LogP contribution in [-0.4, -0.2) is 9.97 Å². The van der Waals surface area contributed by atoms with Gasteiger partial charge in [0.25, 0.3) is 0 Å². The van der Waals surface area contributed by atoms with Crippen LogP contribution >= 0.6 is 0 Å². The normalized spacial score (nSPS) is 11.5. The van der Waals surface area contributed by atoms with Crippen LogP contribution in [0.25, 0.3) is 34.0 Å². The number of para-hydroxylation sites is 2. The molecule has 0 saturated carbocycles. The van der Waals surface area contributed by atoms with Gasteiger partial charge in [0.1, 0.15) is 23.4 Å². The van der Waals surface area contributed by atoms with E-state index in [1.165, 1.54) is 0 Å². The van der Waals surface area contributed by atoms with Crippen LogP contribution in [0.2, 0.25) is 0 Å². The molecule has 4 aromatic rings. The minimum atomic E-state index is 0.431. The maximum Gasteiger partial charge on any atom is 0.149 e. The summed E-state index contributed by atoms with van der Waals surface area (Å²) < 4.78 is 5.83. The largest absolute Gasteiger partial charge is 0.457 e. The first-order chi connectivity index (χ1) is 11.8. The summed E-state index contributed by atoms with van der Waals surface area (Å²) in [5.74, 6) is 1.92. The number of rotatable bonds is 3. The Morgan fingerprint density at radius 1 is 1.00 bits per heavy atom. The van der Waals surface area contributed by atoms with Gasteiger partial charge in [-0.2, -0.15) is 5.26 Å². The van der Waals surface area contributed by atoms with E-state index in [4.69, 9.17) is 4.42 Å². The van der Waals surface area contributed by atoms with E-state index in [9.17, 15) is 5.26 Å². The quantitative estimate of drug-likeness (QED) is 0.548. The number of furan rings is 1. The average molecular weight is 311 g/mol. The Balaban J connectivity index is 1.71. The molecule has 0 spiro atoms. The minimum absolute atomic E-state index is 0.431. The number of aromatic nitrogens is 2. The number of nitrogens with one attached hydrogen (secondary N) is 1. The summed E-state index contributed by atoms with van der Waals surface area (Å²) in [6.07, 6.45) is 1.70. The second-order valence-electron chi connectivity index (χ2n) is 5.34. The van der Waals surface area contributed by atoms with Crippen molar-refractivity contribution in [3.63, 3.8) is 0 Å². The van der Waals surface area contributed by atoms with Crippen molar-refractivity contribution in [3.05, 3.63) is 78.3 Å². The zero-order valence-electron chi connectivity index (χ0n) is 12.7. The van der Waals surface area contributed by atoms with E-state index < -0.39 is 0 Å². The maximum absolute atomic E-state index is 9.47. The van der Waals surface area contributed by atoms with E-state index >= 15 is 0 Å². The van der Waals surface area contributed by atoms with Crippen LogP contribution in [0, 0.1) is 11.3 Å². The molecule has 2 aromatic heterocycles. The lowest BCUT2D eigenvalue weighted by atomic mass is 10.2. The van der Waals surface area contributed by atoms with Crippen LogP contribution < -0.4 is 0 Å². The van der Waals surface area contributed by atoms with Gasteiger partial charge in [0.05, 0.1) is 16.6 Å². The van der Waals surface area contributed by atoms with Gasteiger partial charge in [0.15, 0.2) is 0 Å². The number of hydrogen-bond acceptors (Lipinski definition) is 3. The third-order valence-corrected chi connectivity index (χ3v) is 3.74. The SMILES string of the molecule is N#C/C(=C\c1ccc(-c2ccccc2)o1)c1nc2ccccc2[nH]1. The summed E-state index contributed by atoms with van der Waals surface area (Å²) in [5, 5.41) is 9.47. The zero-order valence-corrected chi connectivity index (χ0v) is 12.7. The van der Waals surface area contributed by atoms with E-state index in [2.05, 4.69) is 16.0 Å². The van der Waals surface area contributed by atoms with Gasteiger partial charge in [-0.05, 0) is 24.3 Å². The molecular formula is C20H13N3O. The lowest BCUT2D eigenvalue weighted by Crippen LogP contribution is -1.84. The van der Waals surface area contributed by atoms with Crippen LogP contribution in [0.1, 0.15) is 11.6 Å². The first-order valence-electron chi connectivity index (χ1n) is 7.56. The molecule has 24 heavy (non-hydrogen) atoms. The molecule has 0 fully saturated rings. The van der Waals surface area contributed by atoms with Crippen molar-refractivity contribution in [2.45, 2.75) is 0 Å². The summed E-state index contributed by atoms with van der Waals surface area (Å²) in [5.41, 5.74) is 3.16. The van der Waals surface area contributed by atoms with Crippen molar-refractivity contribution in [2.75, 3.05) is 0 Å². The second-order valence-corrected chi connectivity index (χ2v) is 5.34. The second kappa shape index (κ2) is 5.90. The van der Waals surface area contributed by atoms with E-state index in [-0.39, 0.29) is 0 Å². The lowest BCUT2D eigenvalue weighted by Gasteiger charge is -1.95. The minimum Gasteiger partial charge on any atom is -0.457 e. The highest BCUT2D eigenvalue weighted by Gasteiger charge is 2.09. The van der Waals surface area contributed by atoms with Crippen molar-refractivity contribution in [2.24, 2.45) is 0 Å². The van der Waals surface area contributed by atoms with Crippen LogP contribution in [0.3, 0.4) is 0 Å². The van der Waals surface area contributed by atoms with Gasteiger partial charge in [0, 0.05) is 11.6 Å². The predicted molar refractivity (Wildman–Crippen MR) is 93.7 cm³/mol. The van der Waals surface area contributed by atoms with Crippen LogP contribution in [0.5, 0.6) is 0 Å². The molecule has 114 valence electrons. The Hall–Kier alpha value is -3.58. The van der Waals surface area contributed by atoms with E-state index in [1.54, 1.807) is 6.08 Å². The predicted octanol–water partition coefficient (Wildman–Crippen LogP) is 4.89. The van der Waals surface area contributed by atoms with Crippen molar-refractivity contribution in [3.8, 4) is 17.4 Å². The number of imidazole rings is 1. The van der Waals surface area contributed by atoms with Crippen molar-refractivity contribution >= 4 is 22.7 Å². The van der Waals surface area contributed by atoms with Crippen molar-refractivity contribution in [1.29, 1.82) is 5.26 Å². The standard InChI is InChI=1S/C20H13N3O/c21-13-15(20-22-17-8-4-5-9-18(17)23-20)12-16-10-11-19(24-16)14-6-2-1-3-7-14/h1-12H,(H,22,23)/b15-12+. The molecule has 2 heterocycles. The van der Waals surface area contributed by atoms with Crippen molar-refractivity contribution in [1.82, 2.24) is 9.97 Å². The fourth-order valence-electron chi connectivity index (χ4n) is 2.56. The molecule has 0 aliphatic heterocycles. The van der Waals surface area contributed by atoms with E-state index in [0.717, 1.165) is 22.4 Å².